The molecule has 0 saturated carbocycles. The molecular formula is C23H22F3NO2. The number of alkyl halides is 3. The highest BCUT2D eigenvalue weighted by Gasteiger charge is 2.33. The van der Waals surface area contributed by atoms with Gasteiger partial charge in [-0.1, -0.05) is 50.2 Å². The van der Waals surface area contributed by atoms with E-state index in [-0.39, 0.29) is 11.3 Å². The number of hydrogen-bond acceptors (Lipinski definition) is 2. The molecule has 0 fully saturated rings. The van der Waals surface area contributed by atoms with Gasteiger partial charge in [0.25, 0.3) is 5.91 Å². The summed E-state index contributed by atoms with van der Waals surface area (Å²) in [6.07, 6.45) is -3.71. The van der Waals surface area contributed by atoms with Crippen LogP contribution in [0, 0.1) is 5.92 Å². The zero-order valence-electron chi connectivity index (χ0n) is 16.2. The molecule has 0 atom stereocenters. The molecule has 0 aromatic heterocycles. The highest BCUT2D eigenvalue weighted by molar-refractivity contribution is 6.08. The fourth-order valence-corrected chi connectivity index (χ4v) is 2.96. The fraction of sp³-hybridized carbons (Fsp3) is 0.261. The maximum absolute atomic E-state index is 13.2. The van der Waals surface area contributed by atoms with Crippen LogP contribution in [0.3, 0.4) is 0 Å². The summed E-state index contributed by atoms with van der Waals surface area (Å²) >= 11 is 0. The highest BCUT2D eigenvalue weighted by atomic mass is 19.4. The summed E-state index contributed by atoms with van der Waals surface area (Å²) in [4.78, 5) is 12.7. The Morgan fingerprint density at radius 1 is 1.03 bits per heavy atom. The molecule has 3 rings (SSSR count). The molecule has 1 amide bonds. The van der Waals surface area contributed by atoms with Crippen LogP contribution in [-0.2, 0) is 6.18 Å². The van der Waals surface area contributed by atoms with Gasteiger partial charge in [0.05, 0.1) is 17.9 Å². The van der Waals surface area contributed by atoms with E-state index < -0.39 is 17.6 Å². The molecule has 0 aliphatic rings. The van der Waals surface area contributed by atoms with Crippen LogP contribution in [-0.4, -0.2) is 12.5 Å². The van der Waals surface area contributed by atoms with Gasteiger partial charge in [-0.2, -0.15) is 13.2 Å². The Morgan fingerprint density at radius 2 is 1.72 bits per heavy atom. The second kappa shape index (κ2) is 8.55. The maximum Gasteiger partial charge on any atom is 0.418 e. The van der Waals surface area contributed by atoms with Crippen LogP contribution >= 0.6 is 0 Å². The number of para-hydroxylation sites is 1. The predicted molar refractivity (Wildman–Crippen MR) is 108 cm³/mol. The van der Waals surface area contributed by atoms with Crippen LogP contribution in [0.1, 0.15) is 36.2 Å². The van der Waals surface area contributed by atoms with Crippen molar-refractivity contribution in [1.29, 1.82) is 0 Å². The van der Waals surface area contributed by atoms with Gasteiger partial charge in [0.15, 0.2) is 0 Å². The van der Waals surface area contributed by atoms with Crippen LogP contribution in [0.15, 0.2) is 60.7 Å². The van der Waals surface area contributed by atoms with Gasteiger partial charge in [-0.05, 0) is 42.0 Å². The lowest BCUT2D eigenvalue weighted by Crippen LogP contribution is -2.16. The second-order valence-corrected chi connectivity index (χ2v) is 7.22. The Bertz CT molecular complexity index is 1010. The molecule has 1 N–H and O–H groups in total. The summed E-state index contributed by atoms with van der Waals surface area (Å²) in [5.41, 5.74) is -0.928. The third-order valence-corrected chi connectivity index (χ3v) is 4.52. The van der Waals surface area contributed by atoms with E-state index in [1.54, 1.807) is 12.1 Å². The highest BCUT2D eigenvalue weighted by Crippen LogP contribution is 2.35. The van der Waals surface area contributed by atoms with Crippen molar-refractivity contribution < 1.29 is 22.7 Å². The lowest BCUT2D eigenvalue weighted by atomic mass is 10.0. The number of carbonyl (C=O) groups is 1. The van der Waals surface area contributed by atoms with Gasteiger partial charge in [-0.15, -0.1) is 0 Å². The van der Waals surface area contributed by atoms with Gasteiger partial charge in [0.2, 0.25) is 0 Å². The molecular weight excluding hydrogens is 379 g/mol. The number of carbonyl (C=O) groups excluding carboxylic acids is 1. The van der Waals surface area contributed by atoms with Crippen LogP contribution in [0.2, 0.25) is 0 Å². The number of nitrogens with one attached hydrogen (secondary N) is 1. The number of amides is 1. The minimum absolute atomic E-state index is 0.236. The summed E-state index contributed by atoms with van der Waals surface area (Å²) in [6.45, 7) is 4.66. The number of rotatable bonds is 6. The third kappa shape index (κ3) is 5.08. The quantitative estimate of drug-likeness (QED) is 0.510. The molecule has 0 unspecified atom stereocenters. The molecule has 3 nitrogen and oxygen atoms in total. The summed E-state index contributed by atoms with van der Waals surface area (Å²) in [5, 5.41) is 4.02. The minimum atomic E-state index is -4.56. The van der Waals surface area contributed by atoms with Gasteiger partial charge in [-0.3, -0.25) is 4.79 Å². The normalized spacial score (nSPS) is 11.7. The molecule has 0 bridgehead atoms. The van der Waals surface area contributed by atoms with E-state index in [1.807, 2.05) is 24.3 Å². The number of anilines is 1. The molecule has 0 heterocycles. The summed E-state index contributed by atoms with van der Waals surface area (Å²) in [5.74, 6) is 0.380. The predicted octanol–water partition coefficient (Wildman–Crippen LogP) is 6.54. The minimum Gasteiger partial charge on any atom is -0.493 e. The lowest BCUT2D eigenvalue weighted by Gasteiger charge is -2.15. The van der Waals surface area contributed by atoms with Crippen molar-refractivity contribution in [3.63, 3.8) is 0 Å². The first-order chi connectivity index (χ1) is 13.8. The average Bonchev–Trinajstić information content (AvgIpc) is 2.67. The van der Waals surface area contributed by atoms with Crippen molar-refractivity contribution in [2.45, 2.75) is 26.4 Å². The number of hydrogen-bond donors (Lipinski definition) is 1. The number of halogens is 3. The first-order valence-electron chi connectivity index (χ1n) is 9.39. The zero-order chi connectivity index (χ0) is 21.0. The molecule has 29 heavy (non-hydrogen) atoms. The van der Waals surface area contributed by atoms with E-state index in [2.05, 4.69) is 19.2 Å². The smallest absolute Gasteiger partial charge is 0.418 e. The van der Waals surface area contributed by atoms with Crippen molar-refractivity contribution in [2.75, 3.05) is 11.9 Å². The summed E-state index contributed by atoms with van der Waals surface area (Å²) in [7, 11) is 0. The van der Waals surface area contributed by atoms with Crippen molar-refractivity contribution >= 4 is 22.4 Å². The average molecular weight is 401 g/mol. The third-order valence-electron chi connectivity index (χ3n) is 4.52. The monoisotopic (exact) mass is 401 g/mol. The van der Waals surface area contributed by atoms with Crippen molar-refractivity contribution in [2.24, 2.45) is 5.92 Å². The van der Waals surface area contributed by atoms with E-state index in [9.17, 15) is 18.0 Å². The first-order valence-corrected chi connectivity index (χ1v) is 9.39. The van der Waals surface area contributed by atoms with Gasteiger partial charge in [0, 0.05) is 10.9 Å². The molecule has 0 spiro atoms. The number of ether oxygens (including phenoxy) is 1. The number of fused-ring (bicyclic) bond motifs is 1. The molecule has 0 aliphatic carbocycles. The van der Waals surface area contributed by atoms with E-state index in [0.29, 0.717) is 18.3 Å². The molecule has 3 aromatic carbocycles. The largest absolute Gasteiger partial charge is 0.493 e. The second-order valence-electron chi connectivity index (χ2n) is 7.22. The first kappa shape index (κ1) is 20.7. The summed E-state index contributed by atoms with van der Waals surface area (Å²) in [6, 6.07) is 15.6. The SMILES string of the molecule is CC(C)CCOc1cc(C(=O)Nc2ccccc2C(F)(F)F)cc2ccccc12. The van der Waals surface area contributed by atoms with Crippen LogP contribution in [0.4, 0.5) is 18.9 Å². The topological polar surface area (TPSA) is 38.3 Å². The fourth-order valence-electron chi connectivity index (χ4n) is 2.96. The Morgan fingerprint density at radius 3 is 2.45 bits per heavy atom. The molecule has 3 aromatic rings. The maximum atomic E-state index is 13.2. The molecule has 0 radical (unpaired) electrons. The Balaban J connectivity index is 1.92. The van der Waals surface area contributed by atoms with Crippen molar-refractivity contribution in [3.05, 3.63) is 71.8 Å². The van der Waals surface area contributed by atoms with E-state index >= 15 is 0 Å². The zero-order valence-corrected chi connectivity index (χ0v) is 16.2. The van der Waals surface area contributed by atoms with Gasteiger partial charge in [0.1, 0.15) is 5.75 Å². The van der Waals surface area contributed by atoms with Gasteiger partial charge < -0.3 is 10.1 Å². The Hall–Kier alpha value is -3.02. The standard InChI is InChI=1S/C23H22F3NO2/c1-15(2)11-12-29-21-14-17(13-16-7-3-4-8-18(16)21)22(28)27-20-10-6-5-9-19(20)23(24,25)26/h3-10,13-15H,11-12H2,1-2H3,(H,27,28). The molecule has 6 heteroatoms. The lowest BCUT2D eigenvalue weighted by molar-refractivity contribution is -0.136. The number of benzene rings is 3. The molecule has 0 aliphatic heterocycles. The van der Waals surface area contributed by atoms with E-state index in [4.69, 9.17) is 4.74 Å². The van der Waals surface area contributed by atoms with Crippen LogP contribution in [0.25, 0.3) is 10.8 Å². The Labute approximate surface area is 167 Å². The molecule has 0 saturated heterocycles. The van der Waals surface area contributed by atoms with Crippen molar-refractivity contribution in [1.82, 2.24) is 0 Å². The van der Waals surface area contributed by atoms with E-state index in [1.165, 1.54) is 18.2 Å². The molecule has 152 valence electrons. The van der Waals surface area contributed by atoms with Crippen LogP contribution < -0.4 is 10.1 Å². The Kier molecular flexibility index (Phi) is 6.11. The van der Waals surface area contributed by atoms with Crippen LogP contribution in [0.5, 0.6) is 5.75 Å². The van der Waals surface area contributed by atoms with Crippen molar-refractivity contribution in [3.8, 4) is 5.75 Å². The van der Waals surface area contributed by atoms with Gasteiger partial charge in [-0.25, -0.2) is 0 Å². The summed E-state index contributed by atoms with van der Waals surface area (Å²) < 4.78 is 45.5. The van der Waals surface area contributed by atoms with E-state index in [0.717, 1.165) is 23.3 Å². The van der Waals surface area contributed by atoms with Gasteiger partial charge >= 0.3 is 6.18 Å².